The summed E-state index contributed by atoms with van der Waals surface area (Å²) >= 11 is 0. The molecule has 13 heteroatoms. The van der Waals surface area contributed by atoms with E-state index in [-0.39, 0.29) is 42.3 Å². The van der Waals surface area contributed by atoms with Crippen molar-refractivity contribution in [1.29, 1.82) is 0 Å². The summed E-state index contributed by atoms with van der Waals surface area (Å²) < 4.78 is 64.6. The summed E-state index contributed by atoms with van der Waals surface area (Å²) in [7, 11) is 0. The zero-order chi connectivity index (χ0) is 28.7. The Morgan fingerprint density at radius 2 is 1.92 bits per heavy atom. The van der Waals surface area contributed by atoms with Crippen LogP contribution in [-0.4, -0.2) is 52.4 Å². The average molecular weight is 541 g/mol. The number of carbonyl (C=O) groups excluding carboxylic acids is 1. The highest BCUT2D eigenvalue weighted by molar-refractivity contribution is 5.90. The van der Waals surface area contributed by atoms with Crippen LogP contribution in [0.2, 0.25) is 0 Å². The number of aromatic nitrogens is 2. The molecule has 0 atom stereocenters. The Hall–Kier alpha value is -4.16. The van der Waals surface area contributed by atoms with Gasteiger partial charge in [0.2, 0.25) is 5.88 Å². The molecule has 0 aliphatic rings. The second-order valence-electron chi connectivity index (χ2n) is 8.90. The maximum Gasteiger partial charge on any atom is 0.416 e. The van der Waals surface area contributed by atoms with Gasteiger partial charge in [0.05, 0.1) is 17.8 Å². The highest BCUT2D eigenvalue weighted by Crippen LogP contribution is 2.31. The van der Waals surface area contributed by atoms with Gasteiger partial charge in [-0.05, 0) is 64.3 Å². The van der Waals surface area contributed by atoms with Crippen molar-refractivity contribution in [1.82, 2.24) is 15.1 Å². The normalized spacial score (nSPS) is 12.7. The summed E-state index contributed by atoms with van der Waals surface area (Å²) in [6.07, 6.45) is -1.44. The Bertz CT molecular complexity index is 1240. The third-order valence-electron chi connectivity index (χ3n) is 4.67. The lowest BCUT2D eigenvalue weighted by Crippen LogP contribution is -2.34. The molecule has 2 rings (SSSR count). The first kappa shape index (κ1) is 30.1. The predicted octanol–water partition coefficient (Wildman–Crippen LogP) is 5.33. The van der Waals surface area contributed by atoms with Crippen LogP contribution in [0.5, 0.6) is 5.88 Å². The van der Waals surface area contributed by atoms with Gasteiger partial charge >= 0.3 is 18.2 Å². The van der Waals surface area contributed by atoms with Crippen LogP contribution in [0.4, 0.5) is 22.4 Å². The number of aliphatic imine (C=N–C) groups is 1. The van der Waals surface area contributed by atoms with Crippen LogP contribution in [0.15, 0.2) is 47.2 Å². The number of aromatic carboxylic acids is 1. The zero-order valence-electron chi connectivity index (χ0n) is 21.2. The van der Waals surface area contributed by atoms with Gasteiger partial charge in [-0.2, -0.15) is 13.2 Å². The Labute approximate surface area is 216 Å². The van der Waals surface area contributed by atoms with E-state index in [1.165, 1.54) is 17.0 Å². The molecule has 0 saturated carbocycles. The molecule has 0 bridgehead atoms. The molecular formula is C25H28F4N4O5. The van der Waals surface area contributed by atoms with Crippen LogP contribution in [0.1, 0.15) is 49.2 Å². The highest BCUT2D eigenvalue weighted by Gasteiger charge is 2.31. The van der Waals surface area contributed by atoms with Crippen molar-refractivity contribution >= 4 is 24.5 Å². The number of halogens is 4. The van der Waals surface area contributed by atoms with Gasteiger partial charge in [0.1, 0.15) is 23.6 Å². The fraction of sp³-hybridized carbons (Fsp3) is 0.360. The number of hydrogen-bond donors (Lipinski definition) is 2. The van der Waals surface area contributed by atoms with Crippen LogP contribution in [-0.2, 0) is 17.3 Å². The number of carboxylic acids is 1. The first-order valence-electron chi connectivity index (χ1n) is 11.3. The Morgan fingerprint density at radius 1 is 1.24 bits per heavy atom. The van der Waals surface area contributed by atoms with Gasteiger partial charge in [0, 0.05) is 18.3 Å². The second-order valence-corrected chi connectivity index (χ2v) is 8.90. The molecule has 206 valence electrons. The molecule has 1 amide bonds. The largest absolute Gasteiger partial charge is 0.477 e. The van der Waals surface area contributed by atoms with Crippen molar-refractivity contribution in [3.8, 4) is 5.88 Å². The van der Waals surface area contributed by atoms with Crippen molar-refractivity contribution in [2.24, 2.45) is 4.99 Å². The lowest BCUT2D eigenvalue weighted by Gasteiger charge is -2.19. The number of rotatable bonds is 10. The number of alkyl halides is 3. The molecule has 9 nitrogen and oxygen atoms in total. The zero-order valence-corrected chi connectivity index (χ0v) is 21.2. The first-order chi connectivity index (χ1) is 17.6. The van der Waals surface area contributed by atoms with Crippen molar-refractivity contribution in [2.75, 3.05) is 13.2 Å². The lowest BCUT2D eigenvalue weighted by molar-refractivity contribution is -0.137. The van der Waals surface area contributed by atoms with E-state index >= 15 is 0 Å². The minimum absolute atomic E-state index is 0.00922. The predicted molar refractivity (Wildman–Crippen MR) is 132 cm³/mol. The van der Waals surface area contributed by atoms with Crippen molar-refractivity contribution < 1.29 is 41.7 Å². The van der Waals surface area contributed by atoms with Crippen molar-refractivity contribution in [3.63, 3.8) is 0 Å². The van der Waals surface area contributed by atoms with Crippen molar-refractivity contribution in [2.45, 2.75) is 45.9 Å². The van der Waals surface area contributed by atoms with Gasteiger partial charge < -0.3 is 19.9 Å². The van der Waals surface area contributed by atoms with Crippen LogP contribution in [0.25, 0.3) is 5.70 Å². The molecule has 0 saturated heterocycles. The molecule has 1 aromatic heterocycles. The summed E-state index contributed by atoms with van der Waals surface area (Å²) in [6, 6.07) is 2.16. The fourth-order valence-corrected chi connectivity index (χ4v) is 3.09. The fourth-order valence-electron chi connectivity index (χ4n) is 3.09. The quantitative estimate of drug-likeness (QED) is 0.182. The van der Waals surface area contributed by atoms with Gasteiger partial charge in [-0.3, -0.25) is 4.99 Å². The average Bonchev–Trinajstić information content (AvgIpc) is 3.21. The van der Waals surface area contributed by atoms with Gasteiger partial charge in [-0.25, -0.2) is 18.7 Å². The summed E-state index contributed by atoms with van der Waals surface area (Å²) in [5, 5.41) is 16.1. The molecule has 38 heavy (non-hydrogen) atoms. The molecular weight excluding hydrogens is 512 g/mol. The van der Waals surface area contributed by atoms with Gasteiger partial charge in [-0.1, -0.05) is 6.08 Å². The SMILES string of the molecule is C=N/C(=C\C(=C/C)n1cc(C(=O)O)c(OCCNC(=O)OC(C)(C)C)n1)Cc1cc(F)cc(C(F)(F)F)c1. The third kappa shape index (κ3) is 9.05. The lowest BCUT2D eigenvalue weighted by atomic mass is 10.0. The molecule has 2 aromatic rings. The van der Waals surface area contributed by atoms with E-state index in [0.29, 0.717) is 11.8 Å². The van der Waals surface area contributed by atoms with Gasteiger partial charge in [0.25, 0.3) is 0 Å². The summed E-state index contributed by atoms with van der Waals surface area (Å²) in [6.45, 7) is 10.0. The van der Waals surface area contributed by atoms with Crippen LogP contribution in [0, 0.1) is 5.82 Å². The van der Waals surface area contributed by atoms with E-state index in [0.717, 1.165) is 12.1 Å². The van der Waals surface area contributed by atoms with E-state index in [1.807, 2.05) is 0 Å². The molecule has 0 aliphatic carbocycles. The highest BCUT2D eigenvalue weighted by atomic mass is 19.4. The summed E-state index contributed by atoms with van der Waals surface area (Å²) in [5.41, 5.74) is -1.62. The van der Waals surface area contributed by atoms with Gasteiger partial charge in [-0.15, -0.1) is 5.10 Å². The number of carbonyl (C=O) groups is 2. The smallest absolute Gasteiger partial charge is 0.416 e. The standard InChI is InChI=1S/C25H28F4N4O5/c1-6-19(13-18(30-5)11-15-9-16(25(27,28)29)12-17(26)10-15)33-14-20(22(34)35)21(32-33)37-8-7-31-23(36)38-24(2,3)4/h6,9-10,12-14H,5,7-8,11H2,1-4H3,(H,31,36)(H,34,35)/b18-13-,19-6+. The molecule has 0 aliphatic heterocycles. The maximum atomic E-state index is 13.8. The van der Waals surface area contributed by atoms with Crippen LogP contribution in [0.3, 0.4) is 0 Å². The first-order valence-corrected chi connectivity index (χ1v) is 11.3. The maximum absolute atomic E-state index is 13.8. The summed E-state index contributed by atoms with van der Waals surface area (Å²) in [5.74, 6) is -2.61. The number of alkyl carbamates (subject to hydrolysis) is 1. The Morgan fingerprint density at radius 3 is 2.47 bits per heavy atom. The monoisotopic (exact) mass is 540 g/mol. The van der Waals surface area contributed by atoms with E-state index < -0.39 is 35.2 Å². The van der Waals surface area contributed by atoms with Crippen LogP contribution >= 0.6 is 0 Å². The number of benzene rings is 1. The molecule has 0 radical (unpaired) electrons. The molecule has 1 aromatic carbocycles. The number of amides is 1. The number of nitrogens with one attached hydrogen (secondary N) is 1. The third-order valence-corrected chi connectivity index (χ3v) is 4.67. The van der Waals surface area contributed by atoms with Crippen molar-refractivity contribution in [3.05, 3.63) is 64.8 Å². The topological polar surface area (TPSA) is 115 Å². The van der Waals surface area contributed by atoms with Crippen LogP contribution < -0.4 is 10.1 Å². The van der Waals surface area contributed by atoms with Gasteiger partial charge in [0.15, 0.2) is 0 Å². The number of ether oxygens (including phenoxy) is 2. The number of nitrogens with zero attached hydrogens (tertiary/aromatic N) is 3. The van der Waals surface area contributed by atoms with E-state index in [2.05, 4.69) is 22.1 Å². The minimum Gasteiger partial charge on any atom is -0.477 e. The Kier molecular flexibility index (Phi) is 9.80. The molecule has 0 spiro atoms. The summed E-state index contributed by atoms with van der Waals surface area (Å²) in [4.78, 5) is 27.2. The molecule has 0 unspecified atom stereocenters. The Balaban J connectivity index is 2.21. The van der Waals surface area contributed by atoms with E-state index in [1.54, 1.807) is 33.8 Å². The molecule has 0 fully saturated rings. The minimum atomic E-state index is -4.72. The second kappa shape index (κ2) is 12.4. The van der Waals surface area contributed by atoms with E-state index in [9.17, 15) is 32.3 Å². The number of hydrogen-bond acceptors (Lipinski definition) is 6. The number of allylic oxidation sites excluding steroid dienone is 4. The van der Waals surface area contributed by atoms with E-state index in [4.69, 9.17) is 9.47 Å². The molecule has 1 heterocycles. The molecule has 2 N–H and O–H groups in total. The number of carboxylic acid groups (broad SMARTS) is 1.